The summed E-state index contributed by atoms with van der Waals surface area (Å²) in [5.74, 6) is -0.245. The number of halogens is 1. The second kappa shape index (κ2) is 4.72. The van der Waals surface area contributed by atoms with Crippen molar-refractivity contribution >= 4 is 33.8 Å². The van der Waals surface area contributed by atoms with Crippen molar-refractivity contribution in [2.45, 2.75) is 19.3 Å². The number of fused-ring (bicyclic) bond motifs is 1. The SMILES string of the molecule is N#Cc1c(NC(=O)c2ccc(Cl)o2)sc2c1CCC2. The number of nitrogens with zero attached hydrogens (tertiary/aromatic N) is 1. The second-order valence-electron chi connectivity index (χ2n) is 4.23. The Hall–Kier alpha value is -1.77. The third-order valence-corrected chi connectivity index (χ3v) is 4.47. The quantitative estimate of drug-likeness (QED) is 0.919. The molecule has 1 aliphatic rings. The average molecular weight is 293 g/mol. The lowest BCUT2D eigenvalue weighted by molar-refractivity contribution is 0.0997. The van der Waals surface area contributed by atoms with E-state index in [9.17, 15) is 10.1 Å². The molecular weight excluding hydrogens is 284 g/mol. The molecule has 0 aromatic carbocycles. The summed E-state index contributed by atoms with van der Waals surface area (Å²) >= 11 is 7.10. The number of aryl methyl sites for hydroxylation is 1. The summed E-state index contributed by atoms with van der Waals surface area (Å²) in [5.41, 5.74) is 1.67. The lowest BCUT2D eigenvalue weighted by Crippen LogP contribution is -2.10. The first-order valence-corrected chi connectivity index (χ1v) is 7.00. The maximum Gasteiger partial charge on any atom is 0.292 e. The zero-order valence-electron chi connectivity index (χ0n) is 9.83. The molecule has 0 unspecified atom stereocenters. The molecule has 0 atom stereocenters. The molecule has 0 fully saturated rings. The molecule has 2 aromatic rings. The van der Waals surface area contributed by atoms with Gasteiger partial charge in [-0.25, -0.2) is 0 Å². The van der Waals surface area contributed by atoms with E-state index in [1.54, 1.807) is 0 Å². The Morgan fingerprint density at radius 3 is 3.00 bits per heavy atom. The van der Waals surface area contributed by atoms with Crippen LogP contribution in [0.1, 0.15) is 33.0 Å². The molecule has 0 saturated heterocycles. The molecule has 0 radical (unpaired) electrons. The van der Waals surface area contributed by atoms with Crippen molar-refractivity contribution in [2.75, 3.05) is 5.32 Å². The van der Waals surface area contributed by atoms with E-state index in [2.05, 4.69) is 11.4 Å². The minimum Gasteiger partial charge on any atom is -0.440 e. The third kappa shape index (κ3) is 2.14. The van der Waals surface area contributed by atoms with Crippen LogP contribution >= 0.6 is 22.9 Å². The van der Waals surface area contributed by atoms with Gasteiger partial charge in [-0.15, -0.1) is 11.3 Å². The minimum absolute atomic E-state index is 0.141. The van der Waals surface area contributed by atoms with Gasteiger partial charge >= 0.3 is 0 Å². The first-order valence-electron chi connectivity index (χ1n) is 5.80. The van der Waals surface area contributed by atoms with Gasteiger partial charge in [-0.3, -0.25) is 4.79 Å². The number of nitriles is 1. The molecule has 0 spiro atoms. The van der Waals surface area contributed by atoms with Gasteiger partial charge in [0.15, 0.2) is 11.0 Å². The number of furan rings is 1. The number of carbonyl (C=O) groups is 1. The Morgan fingerprint density at radius 1 is 1.47 bits per heavy atom. The average Bonchev–Trinajstić information content (AvgIpc) is 3.04. The summed E-state index contributed by atoms with van der Waals surface area (Å²) < 4.78 is 5.04. The Morgan fingerprint density at radius 2 is 2.32 bits per heavy atom. The van der Waals surface area contributed by atoms with Gasteiger partial charge in [0.2, 0.25) is 0 Å². The third-order valence-electron chi connectivity index (χ3n) is 3.06. The molecule has 2 heterocycles. The van der Waals surface area contributed by atoms with Crippen molar-refractivity contribution in [1.29, 1.82) is 5.26 Å². The number of nitrogens with one attached hydrogen (secondary N) is 1. The van der Waals surface area contributed by atoms with Gasteiger partial charge in [0, 0.05) is 4.88 Å². The van der Waals surface area contributed by atoms with Crippen LogP contribution in [0, 0.1) is 11.3 Å². The fourth-order valence-electron chi connectivity index (χ4n) is 2.21. The van der Waals surface area contributed by atoms with Crippen LogP contribution in [0.4, 0.5) is 5.00 Å². The van der Waals surface area contributed by atoms with Gasteiger partial charge in [0.05, 0.1) is 5.56 Å². The Labute approximate surface area is 118 Å². The van der Waals surface area contributed by atoms with E-state index < -0.39 is 0 Å². The van der Waals surface area contributed by atoms with Crippen LogP contribution in [0.2, 0.25) is 5.22 Å². The molecule has 0 aliphatic heterocycles. The van der Waals surface area contributed by atoms with E-state index >= 15 is 0 Å². The molecule has 3 rings (SSSR count). The van der Waals surface area contributed by atoms with E-state index in [0.717, 1.165) is 24.8 Å². The molecule has 96 valence electrons. The monoisotopic (exact) mass is 292 g/mol. The minimum atomic E-state index is -0.386. The lowest BCUT2D eigenvalue weighted by Gasteiger charge is -2.01. The highest BCUT2D eigenvalue weighted by molar-refractivity contribution is 7.16. The number of hydrogen-bond acceptors (Lipinski definition) is 4. The smallest absolute Gasteiger partial charge is 0.292 e. The number of carbonyl (C=O) groups excluding carboxylic acids is 1. The lowest BCUT2D eigenvalue weighted by atomic mass is 10.1. The number of rotatable bonds is 2. The van der Waals surface area contributed by atoms with Crippen molar-refractivity contribution in [3.8, 4) is 6.07 Å². The van der Waals surface area contributed by atoms with E-state index in [-0.39, 0.29) is 16.9 Å². The predicted molar refractivity (Wildman–Crippen MR) is 72.7 cm³/mol. The first kappa shape index (κ1) is 12.3. The number of thiophene rings is 1. The van der Waals surface area contributed by atoms with E-state index in [4.69, 9.17) is 16.0 Å². The molecule has 1 aliphatic carbocycles. The zero-order chi connectivity index (χ0) is 13.4. The first-order chi connectivity index (χ1) is 9.19. The Kier molecular flexibility index (Phi) is 3.05. The summed E-state index contributed by atoms with van der Waals surface area (Å²) in [6.07, 6.45) is 2.98. The normalized spacial score (nSPS) is 13.1. The maximum atomic E-state index is 12.0. The van der Waals surface area contributed by atoms with Crippen LogP contribution in [0.3, 0.4) is 0 Å². The van der Waals surface area contributed by atoms with Gasteiger partial charge in [-0.2, -0.15) is 5.26 Å². The van der Waals surface area contributed by atoms with Gasteiger partial charge in [-0.05, 0) is 48.6 Å². The van der Waals surface area contributed by atoms with Crippen LogP contribution in [-0.2, 0) is 12.8 Å². The van der Waals surface area contributed by atoms with Crippen LogP contribution in [0.15, 0.2) is 16.5 Å². The molecule has 1 N–H and O–H groups in total. The summed E-state index contributed by atoms with van der Waals surface area (Å²) in [7, 11) is 0. The fraction of sp³-hybridized carbons (Fsp3) is 0.231. The van der Waals surface area contributed by atoms with Gasteiger partial charge in [0.1, 0.15) is 11.1 Å². The van der Waals surface area contributed by atoms with Crippen LogP contribution in [0.25, 0.3) is 0 Å². The van der Waals surface area contributed by atoms with Crippen LogP contribution < -0.4 is 5.32 Å². The van der Waals surface area contributed by atoms with E-state index in [1.165, 1.54) is 28.3 Å². The Balaban J connectivity index is 1.88. The van der Waals surface area contributed by atoms with Gasteiger partial charge < -0.3 is 9.73 Å². The van der Waals surface area contributed by atoms with Gasteiger partial charge in [-0.1, -0.05) is 0 Å². The molecule has 2 aromatic heterocycles. The van der Waals surface area contributed by atoms with Crippen molar-refractivity contribution in [3.05, 3.63) is 39.1 Å². The molecule has 0 bridgehead atoms. The molecule has 4 nitrogen and oxygen atoms in total. The van der Waals surface area contributed by atoms with Crippen molar-refractivity contribution in [1.82, 2.24) is 0 Å². The van der Waals surface area contributed by atoms with Crippen LogP contribution in [-0.4, -0.2) is 5.91 Å². The van der Waals surface area contributed by atoms with Crippen molar-refractivity contribution in [3.63, 3.8) is 0 Å². The van der Waals surface area contributed by atoms with E-state index in [1.807, 2.05) is 0 Å². The highest BCUT2D eigenvalue weighted by atomic mass is 35.5. The predicted octanol–water partition coefficient (Wildman–Crippen LogP) is 3.61. The zero-order valence-corrected chi connectivity index (χ0v) is 11.4. The summed E-state index contributed by atoms with van der Waals surface area (Å²) in [6, 6.07) is 5.19. The standard InChI is InChI=1S/C13H9ClN2O2S/c14-11-5-4-9(18-11)12(17)16-13-8(6-15)7-2-1-3-10(7)19-13/h4-5H,1-3H2,(H,16,17). The summed E-state index contributed by atoms with van der Waals surface area (Å²) in [6.45, 7) is 0. The molecule has 6 heteroatoms. The van der Waals surface area contributed by atoms with Crippen molar-refractivity contribution < 1.29 is 9.21 Å². The number of anilines is 1. The van der Waals surface area contributed by atoms with E-state index in [0.29, 0.717) is 10.6 Å². The van der Waals surface area contributed by atoms with Crippen molar-refractivity contribution in [2.24, 2.45) is 0 Å². The highest BCUT2D eigenvalue weighted by Gasteiger charge is 2.23. The molecule has 0 saturated carbocycles. The van der Waals surface area contributed by atoms with Crippen LogP contribution in [0.5, 0.6) is 0 Å². The Bertz CT molecular complexity index is 696. The second-order valence-corrected chi connectivity index (χ2v) is 5.71. The molecule has 19 heavy (non-hydrogen) atoms. The number of hydrogen-bond donors (Lipinski definition) is 1. The summed E-state index contributed by atoms with van der Waals surface area (Å²) in [5, 5.41) is 12.7. The fourth-order valence-corrected chi connectivity index (χ4v) is 3.59. The number of amides is 1. The highest BCUT2D eigenvalue weighted by Crippen LogP contribution is 2.38. The van der Waals surface area contributed by atoms with Gasteiger partial charge in [0.25, 0.3) is 5.91 Å². The molecular formula is C13H9ClN2O2S. The largest absolute Gasteiger partial charge is 0.440 e. The maximum absolute atomic E-state index is 12.0. The topological polar surface area (TPSA) is 66.0 Å². The molecule has 1 amide bonds. The summed E-state index contributed by atoms with van der Waals surface area (Å²) in [4.78, 5) is 13.2.